The van der Waals surface area contributed by atoms with Gasteiger partial charge in [0.25, 0.3) is 0 Å². The lowest BCUT2D eigenvalue weighted by molar-refractivity contribution is -0.137. The van der Waals surface area contributed by atoms with Crippen LogP contribution in [-0.2, 0) is 24.3 Å². The van der Waals surface area contributed by atoms with E-state index in [2.05, 4.69) is 20.2 Å². The average Bonchev–Trinajstić information content (AvgIpc) is 2.93. The van der Waals surface area contributed by atoms with E-state index in [4.69, 9.17) is 5.11 Å². The number of aryl methyl sites for hydroxylation is 2. The summed E-state index contributed by atoms with van der Waals surface area (Å²) < 4.78 is 3.33. The van der Waals surface area contributed by atoms with E-state index in [9.17, 15) is 4.79 Å². The molecule has 3 heterocycles. The molecule has 19 heavy (non-hydrogen) atoms. The van der Waals surface area contributed by atoms with Gasteiger partial charge in [-0.05, 0) is 13.3 Å². The quantitative estimate of drug-likeness (QED) is 0.835. The molecule has 8 nitrogen and oxygen atoms in total. The summed E-state index contributed by atoms with van der Waals surface area (Å²) in [6.07, 6.45) is 3.25. The summed E-state index contributed by atoms with van der Waals surface area (Å²) in [5.41, 5.74) is 0. The molecule has 3 rings (SSSR count). The number of hydrogen-bond acceptors (Lipinski definition) is 5. The van der Waals surface area contributed by atoms with Crippen molar-refractivity contribution in [1.82, 2.24) is 29.5 Å². The molecule has 0 fully saturated rings. The van der Waals surface area contributed by atoms with Gasteiger partial charge in [0.05, 0.1) is 6.54 Å². The Hall–Kier alpha value is -2.25. The van der Waals surface area contributed by atoms with Crippen LogP contribution in [-0.4, -0.2) is 40.6 Å². The van der Waals surface area contributed by atoms with Crippen molar-refractivity contribution in [3.05, 3.63) is 23.8 Å². The van der Waals surface area contributed by atoms with Crippen molar-refractivity contribution < 1.29 is 9.90 Å². The van der Waals surface area contributed by atoms with E-state index < -0.39 is 5.97 Å². The number of hydrogen-bond donors (Lipinski definition) is 1. The van der Waals surface area contributed by atoms with Crippen LogP contribution >= 0.6 is 0 Å². The predicted octanol–water partition coefficient (Wildman–Crippen LogP) is -0.00738. The molecule has 1 aliphatic heterocycles. The van der Waals surface area contributed by atoms with Gasteiger partial charge in [-0.15, -0.1) is 0 Å². The monoisotopic (exact) mass is 262 g/mol. The number of carboxylic acids is 1. The Morgan fingerprint density at radius 3 is 3.21 bits per heavy atom. The first-order valence-electron chi connectivity index (χ1n) is 6.13. The Bertz CT molecular complexity index is 616. The standard InChI is InChI=1S/C11H14N6O2/c1-7-14-11(17(15-7)5-10(18)19)8-2-3-9-12-6-13-16(9)4-8/h6,8H,2-5H2,1H3,(H,18,19). The smallest absolute Gasteiger partial charge is 0.325 e. The largest absolute Gasteiger partial charge is 0.480 e. The molecular formula is C11H14N6O2. The van der Waals surface area contributed by atoms with Crippen molar-refractivity contribution >= 4 is 5.97 Å². The molecule has 0 spiro atoms. The minimum absolute atomic E-state index is 0.134. The molecule has 2 aromatic rings. The number of rotatable bonds is 3. The second-order valence-electron chi connectivity index (χ2n) is 4.66. The summed E-state index contributed by atoms with van der Waals surface area (Å²) in [6.45, 7) is 2.29. The highest BCUT2D eigenvalue weighted by Gasteiger charge is 2.26. The molecule has 1 atom stereocenters. The molecule has 1 aliphatic rings. The van der Waals surface area contributed by atoms with Crippen LogP contribution in [0.25, 0.3) is 0 Å². The molecule has 0 bridgehead atoms. The molecule has 0 saturated heterocycles. The second kappa shape index (κ2) is 4.45. The van der Waals surface area contributed by atoms with Gasteiger partial charge in [0.15, 0.2) is 0 Å². The van der Waals surface area contributed by atoms with Gasteiger partial charge < -0.3 is 5.11 Å². The summed E-state index contributed by atoms with van der Waals surface area (Å²) in [7, 11) is 0. The summed E-state index contributed by atoms with van der Waals surface area (Å²) in [5.74, 6) is 1.51. The van der Waals surface area contributed by atoms with Crippen molar-refractivity contribution in [3.63, 3.8) is 0 Å². The highest BCUT2D eigenvalue weighted by molar-refractivity contribution is 5.66. The summed E-state index contributed by atoms with van der Waals surface area (Å²) in [4.78, 5) is 19.4. The van der Waals surface area contributed by atoms with Gasteiger partial charge in [0.2, 0.25) is 0 Å². The topological polar surface area (TPSA) is 98.7 Å². The molecule has 2 aromatic heterocycles. The van der Waals surface area contributed by atoms with E-state index in [-0.39, 0.29) is 12.5 Å². The number of nitrogens with zero attached hydrogens (tertiary/aromatic N) is 6. The predicted molar refractivity (Wildman–Crippen MR) is 63.5 cm³/mol. The molecule has 1 unspecified atom stereocenters. The van der Waals surface area contributed by atoms with Crippen LogP contribution in [0.1, 0.15) is 29.8 Å². The lowest BCUT2D eigenvalue weighted by Crippen LogP contribution is -2.24. The third kappa shape index (κ3) is 2.20. The Labute approximate surface area is 109 Å². The van der Waals surface area contributed by atoms with Crippen LogP contribution in [0.4, 0.5) is 0 Å². The van der Waals surface area contributed by atoms with Crippen LogP contribution in [0.3, 0.4) is 0 Å². The molecule has 1 N–H and O–H groups in total. The molecule has 100 valence electrons. The van der Waals surface area contributed by atoms with E-state index in [0.717, 1.165) is 24.5 Å². The lowest BCUT2D eigenvalue weighted by atomic mass is 9.99. The van der Waals surface area contributed by atoms with Gasteiger partial charge in [-0.1, -0.05) is 0 Å². The van der Waals surface area contributed by atoms with Gasteiger partial charge in [0, 0.05) is 12.3 Å². The lowest BCUT2D eigenvalue weighted by Gasteiger charge is -2.21. The molecular weight excluding hydrogens is 248 g/mol. The highest BCUT2D eigenvalue weighted by atomic mass is 16.4. The Balaban J connectivity index is 1.89. The van der Waals surface area contributed by atoms with Crippen LogP contribution in [0.15, 0.2) is 6.33 Å². The molecule has 8 heteroatoms. The van der Waals surface area contributed by atoms with Crippen LogP contribution in [0, 0.1) is 6.92 Å². The fourth-order valence-corrected chi connectivity index (χ4v) is 2.47. The maximum Gasteiger partial charge on any atom is 0.325 e. The van der Waals surface area contributed by atoms with Crippen molar-refractivity contribution in [3.8, 4) is 0 Å². The minimum atomic E-state index is -0.914. The van der Waals surface area contributed by atoms with Crippen LogP contribution in [0.5, 0.6) is 0 Å². The average molecular weight is 262 g/mol. The SMILES string of the molecule is Cc1nc(C2CCc3ncnn3C2)n(CC(=O)O)n1. The second-order valence-corrected chi connectivity index (χ2v) is 4.66. The highest BCUT2D eigenvalue weighted by Crippen LogP contribution is 2.26. The minimum Gasteiger partial charge on any atom is -0.480 e. The number of carboxylic acid groups (broad SMARTS) is 1. The van der Waals surface area contributed by atoms with E-state index in [1.807, 2.05) is 4.68 Å². The summed E-state index contributed by atoms with van der Waals surface area (Å²) in [5, 5.41) is 17.2. The van der Waals surface area contributed by atoms with Gasteiger partial charge in [-0.25, -0.2) is 19.3 Å². The van der Waals surface area contributed by atoms with Crippen molar-refractivity contribution in [2.45, 2.75) is 38.8 Å². The number of carbonyl (C=O) groups is 1. The first-order valence-corrected chi connectivity index (χ1v) is 6.13. The van der Waals surface area contributed by atoms with Crippen LogP contribution < -0.4 is 0 Å². The summed E-state index contributed by atoms with van der Waals surface area (Å²) in [6, 6.07) is 0. The zero-order chi connectivity index (χ0) is 13.4. The normalized spacial score (nSPS) is 18.3. The van der Waals surface area contributed by atoms with Crippen molar-refractivity contribution in [2.75, 3.05) is 0 Å². The van der Waals surface area contributed by atoms with Crippen molar-refractivity contribution in [1.29, 1.82) is 0 Å². The number of fused-ring (bicyclic) bond motifs is 1. The van der Waals surface area contributed by atoms with Gasteiger partial charge in [0.1, 0.15) is 30.3 Å². The summed E-state index contributed by atoms with van der Waals surface area (Å²) >= 11 is 0. The molecule has 0 amide bonds. The van der Waals surface area contributed by atoms with Gasteiger partial charge in [-0.3, -0.25) is 4.79 Å². The van der Waals surface area contributed by atoms with E-state index in [1.54, 1.807) is 13.3 Å². The van der Waals surface area contributed by atoms with E-state index >= 15 is 0 Å². The molecule has 0 aliphatic carbocycles. The Kier molecular flexibility index (Phi) is 2.77. The van der Waals surface area contributed by atoms with E-state index in [1.165, 1.54) is 4.68 Å². The van der Waals surface area contributed by atoms with Gasteiger partial charge >= 0.3 is 5.97 Å². The fourth-order valence-electron chi connectivity index (χ4n) is 2.47. The first-order chi connectivity index (χ1) is 9.13. The zero-order valence-corrected chi connectivity index (χ0v) is 10.5. The third-order valence-corrected chi connectivity index (χ3v) is 3.26. The van der Waals surface area contributed by atoms with Crippen LogP contribution in [0.2, 0.25) is 0 Å². The third-order valence-electron chi connectivity index (χ3n) is 3.26. The Morgan fingerprint density at radius 1 is 1.58 bits per heavy atom. The van der Waals surface area contributed by atoms with Gasteiger partial charge in [-0.2, -0.15) is 10.2 Å². The maximum absolute atomic E-state index is 10.9. The Morgan fingerprint density at radius 2 is 2.42 bits per heavy atom. The first kappa shape index (κ1) is 11.8. The molecule has 0 aromatic carbocycles. The molecule has 0 saturated carbocycles. The van der Waals surface area contributed by atoms with E-state index in [0.29, 0.717) is 12.4 Å². The zero-order valence-electron chi connectivity index (χ0n) is 10.5. The van der Waals surface area contributed by atoms with Crippen molar-refractivity contribution in [2.24, 2.45) is 0 Å². The maximum atomic E-state index is 10.9. The fraction of sp³-hybridized carbons (Fsp3) is 0.545. The number of aliphatic carboxylic acids is 1. The number of aromatic nitrogens is 6. The molecule has 0 radical (unpaired) electrons.